The molecule has 1 aliphatic heterocycles. The van der Waals surface area contributed by atoms with Crippen LogP contribution in [0.4, 0.5) is 11.5 Å². The monoisotopic (exact) mass is 486 g/mol. The number of fused-ring (bicyclic) bond motifs is 1. The van der Waals surface area contributed by atoms with Gasteiger partial charge in [0.25, 0.3) is 11.5 Å². The molecule has 0 radical (unpaired) electrons. The molecule has 0 saturated heterocycles. The number of H-pyrrole nitrogens is 1. The molecule has 190 valence electrons. The Kier molecular flexibility index (Phi) is 8.62. The summed E-state index contributed by atoms with van der Waals surface area (Å²) in [6, 6.07) is 3.49. The van der Waals surface area contributed by atoms with Gasteiger partial charge in [-0.2, -0.15) is 0 Å². The summed E-state index contributed by atoms with van der Waals surface area (Å²) in [5.74, 6) is 1.38. The summed E-state index contributed by atoms with van der Waals surface area (Å²) in [4.78, 5) is 42.1. The number of nitrogens with two attached hydrogens (primary N) is 1. The number of unbranched alkanes of at least 4 members (excludes halogenated alkanes) is 1. The molecule has 35 heavy (non-hydrogen) atoms. The highest BCUT2D eigenvalue weighted by atomic mass is 16.6. The van der Waals surface area contributed by atoms with Crippen LogP contribution in [0.2, 0.25) is 0 Å². The van der Waals surface area contributed by atoms with Crippen molar-refractivity contribution in [2.45, 2.75) is 46.6 Å². The number of carbonyl (C=O) groups is 1. The van der Waals surface area contributed by atoms with Gasteiger partial charge in [0.15, 0.2) is 17.2 Å². The van der Waals surface area contributed by atoms with E-state index in [1.54, 1.807) is 18.2 Å². The highest BCUT2D eigenvalue weighted by Crippen LogP contribution is 2.40. The van der Waals surface area contributed by atoms with Crippen LogP contribution in [0.5, 0.6) is 17.2 Å². The molecule has 0 aliphatic carbocycles. The fourth-order valence-corrected chi connectivity index (χ4v) is 3.74. The van der Waals surface area contributed by atoms with Gasteiger partial charge in [-0.1, -0.05) is 27.2 Å². The van der Waals surface area contributed by atoms with Gasteiger partial charge in [-0.15, -0.1) is 0 Å². The first-order chi connectivity index (χ1) is 16.8. The lowest BCUT2D eigenvalue weighted by molar-refractivity contribution is -0.114. The van der Waals surface area contributed by atoms with E-state index in [9.17, 15) is 14.4 Å². The molecule has 1 aliphatic rings. The number of benzene rings is 1. The standard InChI is InChI=1S/C25H34N4O6/c1-5-6-10-29-23(26)21(24(31)27-25(29)32)28(11-9-16(2)3)20(30)8-7-17-14-18(33-4)22-19(15-17)34-12-13-35-22/h7-8,14-16H,5-6,9-13,26H2,1-4H3,(H,27,31,32)/b8-7+. The number of aromatic amines is 1. The van der Waals surface area contributed by atoms with Gasteiger partial charge in [0.05, 0.1) is 7.11 Å². The zero-order chi connectivity index (χ0) is 25.5. The fraction of sp³-hybridized carbons (Fsp3) is 0.480. The summed E-state index contributed by atoms with van der Waals surface area (Å²) >= 11 is 0. The Morgan fingerprint density at radius 3 is 2.71 bits per heavy atom. The second kappa shape index (κ2) is 11.6. The van der Waals surface area contributed by atoms with Crippen molar-refractivity contribution in [3.8, 4) is 17.2 Å². The zero-order valence-electron chi connectivity index (χ0n) is 20.8. The molecule has 3 N–H and O–H groups in total. The average molecular weight is 487 g/mol. The molecular formula is C25H34N4O6. The Hall–Kier alpha value is -3.69. The highest BCUT2D eigenvalue weighted by molar-refractivity contribution is 6.05. The van der Waals surface area contributed by atoms with E-state index in [4.69, 9.17) is 19.9 Å². The molecule has 0 fully saturated rings. The SMILES string of the molecule is CCCCn1c(N)c(N(CCC(C)C)C(=O)/C=C/c2cc(OC)c3c(c2)OCCO3)c(=O)[nH]c1=O. The minimum absolute atomic E-state index is 0.0151. The number of methoxy groups -OCH3 is 1. The summed E-state index contributed by atoms with van der Waals surface area (Å²) in [7, 11) is 1.53. The fourth-order valence-electron chi connectivity index (χ4n) is 3.74. The number of nitrogen functional groups attached to an aromatic ring is 1. The van der Waals surface area contributed by atoms with Crippen LogP contribution >= 0.6 is 0 Å². The predicted molar refractivity (Wildman–Crippen MR) is 135 cm³/mol. The van der Waals surface area contributed by atoms with Crippen molar-refractivity contribution in [3.63, 3.8) is 0 Å². The number of aromatic nitrogens is 2. The molecule has 10 nitrogen and oxygen atoms in total. The lowest BCUT2D eigenvalue weighted by Crippen LogP contribution is -2.41. The molecule has 0 unspecified atom stereocenters. The van der Waals surface area contributed by atoms with E-state index in [1.807, 2.05) is 20.8 Å². The Morgan fingerprint density at radius 1 is 1.29 bits per heavy atom. The maximum absolute atomic E-state index is 13.3. The number of nitrogens with zero attached hydrogens (tertiary/aromatic N) is 2. The zero-order valence-corrected chi connectivity index (χ0v) is 20.8. The van der Waals surface area contributed by atoms with Crippen molar-refractivity contribution >= 4 is 23.5 Å². The molecular weight excluding hydrogens is 452 g/mol. The molecule has 0 atom stereocenters. The number of nitrogens with one attached hydrogen (secondary N) is 1. The second-order valence-corrected chi connectivity index (χ2v) is 8.75. The molecule has 0 spiro atoms. The molecule has 1 amide bonds. The number of ether oxygens (including phenoxy) is 3. The van der Waals surface area contributed by atoms with Crippen molar-refractivity contribution in [2.24, 2.45) is 5.92 Å². The van der Waals surface area contributed by atoms with Gasteiger partial charge in [-0.05, 0) is 42.5 Å². The van der Waals surface area contributed by atoms with Gasteiger partial charge in [-0.25, -0.2) is 4.79 Å². The first-order valence-electron chi connectivity index (χ1n) is 11.9. The maximum Gasteiger partial charge on any atom is 0.330 e. The highest BCUT2D eigenvalue weighted by Gasteiger charge is 2.23. The largest absolute Gasteiger partial charge is 0.493 e. The van der Waals surface area contributed by atoms with Crippen LogP contribution in [0, 0.1) is 5.92 Å². The smallest absolute Gasteiger partial charge is 0.330 e. The van der Waals surface area contributed by atoms with E-state index < -0.39 is 17.2 Å². The Labute approximate surface area is 204 Å². The van der Waals surface area contributed by atoms with E-state index >= 15 is 0 Å². The van der Waals surface area contributed by atoms with Crippen LogP contribution in [0.3, 0.4) is 0 Å². The number of carbonyl (C=O) groups excluding carboxylic acids is 1. The first-order valence-corrected chi connectivity index (χ1v) is 11.9. The molecule has 1 aromatic heterocycles. The van der Waals surface area contributed by atoms with E-state index in [1.165, 1.54) is 22.7 Å². The van der Waals surface area contributed by atoms with Gasteiger partial charge in [0.1, 0.15) is 19.0 Å². The predicted octanol–water partition coefficient (Wildman–Crippen LogP) is 2.79. The minimum Gasteiger partial charge on any atom is -0.493 e. The maximum atomic E-state index is 13.3. The van der Waals surface area contributed by atoms with E-state index in [2.05, 4.69) is 4.98 Å². The summed E-state index contributed by atoms with van der Waals surface area (Å²) in [6.45, 7) is 7.50. The number of hydrogen-bond donors (Lipinski definition) is 2. The van der Waals surface area contributed by atoms with E-state index in [-0.39, 0.29) is 24.0 Å². The van der Waals surface area contributed by atoms with Crippen molar-refractivity contribution in [3.05, 3.63) is 44.6 Å². The Morgan fingerprint density at radius 2 is 2.03 bits per heavy atom. The van der Waals surface area contributed by atoms with Crippen LogP contribution in [-0.4, -0.2) is 42.3 Å². The third-order valence-electron chi connectivity index (χ3n) is 5.68. The molecule has 0 bridgehead atoms. The van der Waals surface area contributed by atoms with Gasteiger partial charge in [-0.3, -0.25) is 19.1 Å². The normalized spacial score (nSPS) is 12.8. The second-order valence-electron chi connectivity index (χ2n) is 8.75. The molecule has 1 aromatic carbocycles. The topological polar surface area (TPSA) is 129 Å². The Balaban J connectivity index is 1.98. The summed E-state index contributed by atoms with van der Waals surface area (Å²) in [6.07, 6.45) is 5.18. The number of rotatable bonds is 10. The quantitative estimate of drug-likeness (QED) is 0.494. The van der Waals surface area contributed by atoms with Crippen molar-refractivity contribution in [2.75, 3.05) is 37.5 Å². The van der Waals surface area contributed by atoms with Gasteiger partial charge < -0.3 is 24.8 Å². The van der Waals surface area contributed by atoms with Gasteiger partial charge in [0, 0.05) is 19.2 Å². The van der Waals surface area contributed by atoms with E-state index in [0.717, 1.165) is 6.42 Å². The van der Waals surface area contributed by atoms with Crippen LogP contribution in [0.25, 0.3) is 6.08 Å². The third-order valence-corrected chi connectivity index (χ3v) is 5.68. The first kappa shape index (κ1) is 25.9. The van der Waals surface area contributed by atoms with Crippen LogP contribution in [0.1, 0.15) is 45.6 Å². The number of amides is 1. The van der Waals surface area contributed by atoms with Gasteiger partial charge in [0.2, 0.25) is 5.75 Å². The van der Waals surface area contributed by atoms with Crippen LogP contribution in [0.15, 0.2) is 27.8 Å². The average Bonchev–Trinajstić information content (AvgIpc) is 2.83. The summed E-state index contributed by atoms with van der Waals surface area (Å²) in [5, 5.41) is 0. The molecule has 2 aromatic rings. The van der Waals surface area contributed by atoms with Crippen LogP contribution < -0.4 is 36.1 Å². The number of hydrogen-bond acceptors (Lipinski definition) is 7. The third kappa shape index (κ3) is 6.06. The van der Waals surface area contributed by atoms with Crippen molar-refractivity contribution in [1.82, 2.24) is 9.55 Å². The summed E-state index contributed by atoms with van der Waals surface area (Å²) in [5.41, 5.74) is 5.65. The van der Waals surface area contributed by atoms with Crippen molar-refractivity contribution in [1.29, 1.82) is 0 Å². The molecule has 2 heterocycles. The van der Waals surface area contributed by atoms with Crippen LogP contribution in [-0.2, 0) is 11.3 Å². The molecule has 3 rings (SSSR count). The Bertz CT molecular complexity index is 1180. The molecule has 10 heteroatoms. The van der Waals surface area contributed by atoms with Gasteiger partial charge >= 0.3 is 5.69 Å². The number of anilines is 2. The molecule has 0 saturated carbocycles. The lowest BCUT2D eigenvalue weighted by atomic mass is 10.1. The lowest BCUT2D eigenvalue weighted by Gasteiger charge is -2.24. The van der Waals surface area contributed by atoms with E-state index in [0.29, 0.717) is 55.4 Å². The summed E-state index contributed by atoms with van der Waals surface area (Å²) < 4.78 is 18.0. The minimum atomic E-state index is -0.688. The van der Waals surface area contributed by atoms with Crippen molar-refractivity contribution < 1.29 is 19.0 Å².